The number of unbranched alkanes of at least 4 members (excludes halogenated alkanes) is 7. The molecule has 36 heavy (non-hydrogen) atoms. The van der Waals surface area contributed by atoms with Crippen molar-refractivity contribution in [3.05, 3.63) is 0 Å². The van der Waals surface area contributed by atoms with Crippen molar-refractivity contribution in [1.29, 1.82) is 0 Å². The quantitative estimate of drug-likeness (QED) is 0.0717. The Morgan fingerprint density at radius 3 is 1.83 bits per heavy atom. The summed E-state index contributed by atoms with van der Waals surface area (Å²) in [6.07, 6.45) is 16.1. The molecule has 0 N–H and O–H groups in total. The Morgan fingerprint density at radius 2 is 1.33 bits per heavy atom. The lowest BCUT2D eigenvalue weighted by Crippen LogP contribution is -2.54. The number of rotatable bonds is 16. The van der Waals surface area contributed by atoms with Gasteiger partial charge in [-0.1, -0.05) is 122 Å². The first-order valence-electron chi connectivity index (χ1n) is 15.1. The van der Waals surface area contributed by atoms with Crippen molar-refractivity contribution in [1.82, 2.24) is 0 Å². The molecule has 216 valence electrons. The van der Waals surface area contributed by atoms with E-state index in [9.17, 15) is 0 Å². The lowest BCUT2D eigenvalue weighted by Gasteiger charge is -2.47. The van der Waals surface area contributed by atoms with Gasteiger partial charge in [-0.3, -0.25) is 0 Å². The topological polar surface area (TPSA) is 27.7 Å². The Morgan fingerprint density at radius 1 is 0.806 bits per heavy atom. The molecule has 1 saturated heterocycles. The first-order valence-corrected chi connectivity index (χ1v) is 22.5. The Balaban J connectivity index is 2.89. The van der Waals surface area contributed by atoms with Gasteiger partial charge < -0.3 is 13.6 Å². The van der Waals surface area contributed by atoms with Crippen molar-refractivity contribution in [2.24, 2.45) is 0 Å². The molecule has 1 fully saturated rings. The normalized spacial score (nSPS) is 23.2. The van der Waals surface area contributed by atoms with Crippen LogP contribution in [0.5, 0.6) is 0 Å². The molecule has 0 amide bonds. The second-order valence-corrected chi connectivity index (χ2v) is 25.0. The van der Waals surface area contributed by atoms with Crippen LogP contribution in [0.25, 0.3) is 0 Å². The van der Waals surface area contributed by atoms with Gasteiger partial charge in [0.25, 0.3) is 0 Å². The molecule has 0 unspecified atom stereocenters. The predicted octanol–water partition coefficient (Wildman–Crippen LogP) is 10.7. The van der Waals surface area contributed by atoms with Gasteiger partial charge in [-0.25, -0.2) is 0 Å². The summed E-state index contributed by atoms with van der Waals surface area (Å²) in [4.78, 5) is 0. The fraction of sp³-hybridized carbons (Fsp3) is 1.00. The summed E-state index contributed by atoms with van der Waals surface area (Å²) in [5.41, 5.74) is 0. The summed E-state index contributed by atoms with van der Waals surface area (Å²) < 4.78 is 22.1. The third-order valence-electron chi connectivity index (χ3n) is 9.15. The monoisotopic (exact) mass is 654 g/mol. The SMILES string of the molecule is CCCCCCCCCC[C@@H]1O[C@H]([C@H](CCI)O[Si](C)(C)C(C)(C)C)CC[C@H]1O[Si](C)(C)C(C)(C)C. The second-order valence-electron chi connectivity index (χ2n) is 14.4. The van der Waals surface area contributed by atoms with Crippen LogP contribution in [0.4, 0.5) is 0 Å². The largest absolute Gasteiger partial charge is 0.411 e. The molecule has 0 aliphatic carbocycles. The number of halogens is 1. The van der Waals surface area contributed by atoms with Crippen LogP contribution >= 0.6 is 22.6 Å². The molecule has 3 nitrogen and oxygen atoms in total. The lowest BCUT2D eigenvalue weighted by atomic mass is 9.94. The molecule has 0 saturated carbocycles. The molecule has 0 aromatic carbocycles. The minimum atomic E-state index is -1.85. The van der Waals surface area contributed by atoms with Gasteiger partial charge in [-0.05, 0) is 61.9 Å². The molecule has 0 aromatic rings. The standard InChI is InChI=1S/C30H63IO3Si2/c1-12-13-14-15-16-17-18-19-20-25-27(33-35(8,9)29(2,3)4)22-21-26(32-25)28(23-24-31)34-36(10,11)30(5,6)7/h25-28H,12-24H2,1-11H3/t25-,26-,27+,28-/m0/s1. The van der Waals surface area contributed by atoms with Crippen LogP contribution in [0.3, 0.4) is 0 Å². The molecule has 6 heteroatoms. The average Bonchev–Trinajstić information content (AvgIpc) is 2.74. The maximum absolute atomic E-state index is 7.00. The molecule has 4 atom stereocenters. The highest BCUT2D eigenvalue weighted by Gasteiger charge is 2.45. The van der Waals surface area contributed by atoms with Crippen molar-refractivity contribution in [3.63, 3.8) is 0 Å². The van der Waals surface area contributed by atoms with E-state index in [2.05, 4.69) is 97.2 Å². The molecular weight excluding hydrogens is 591 g/mol. The highest BCUT2D eigenvalue weighted by molar-refractivity contribution is 14.1. The summed E-state index contributed by atoms with van der Waals surface area (Å²) in [6.45, 7) is 25.9. The van der Waals surface area contributed by atoms with Gasteiger partial charge in [-0.2, -0.15) is 0 Å². The van der Waals surface area contributed by atoms with Crippen LogP contribution in [0.15, 0.2) is 0 Å². The van der Waals surface area contributed by atoms with E-state index in [1.165, 1.54) is 51.4 Å². The molecule has 0 aromatic heterocycles. The molecule has 1 rings (SSSR count). The van der Waals surface area contributed by atoms with Crippen LogP contribution in [0.1, 0.15) is 126 Å². The highest BCUT2D eigenvalue weighted by Crippen LogP contribution is 2.42. The highest BCUT2D eigenvalue weighted by atomic mass is 127. The summed E-state index contributed by atoms with van der Waals surface area (Å²) in [5, 5.41) is 0.442. The Labute approximate surface area is 242 Å². The first kappa shape index (κ1) is 35.1. The summed E-state index contributed by atoms with van der Waals surface area (Å²) in [5.74, 6) is 0. The van der Waals surface area contributed by atoms with Crippen molar-refractivity contribution >= 4 is 39.2 Å². The van der Waals surface area contributed by atoms with Gasteiger partial charge in [0.1, 0.15) is 0 Å². The summed E-state index contributed by atoms with van der Waals surface area (Å²) in [6, 6.07) is 0. The van der Waals surface area contributed by atoms with Gasteiger partial charge in [0.15, 0.2) is 16.6 Å². The van der Waals surface area contributed by atoms with E-state index in [1.807, 2.05) is 0 Å². The predicted molar refractivity (Wildman–Crippen MR) is 173 cm³/mol. The maximum atomic E-state index is 7.00. The van der Waals surface area contributed by atoms with Crippen LogP contribution < -0.4 is 0 Å². The first-order chi connectivity index (χ1) is 16.6. The van der Waals surface area contributed by atoms with Gasteiger partial charge in [0.2, 0.25) is 0 Å². The summed E-state index contributed by atoms with van der Waals surface area (Å²) >= 11 is 2.51. The van der Waals surface area contributed by atoms with E-state index in [0.29, 0.717) is 0 Å². The van der Waals surface area contributed by atoms with E-state index >= 15 is 0 Å². The minimum absolute atomic E-state index is 0.201. The average molecular weight is 655 g/mol. The molecule has 0 radical (unpaired) electrons. The molecule has 0 bridgehead atoms. The van der Waals surface area contributed by atoms with Crippen LogP contribution in [-0.2, 0) is 13.6 Å². The zero-order valence-electron chi connectivity index (χ0n) is 26.1. The fourth-order valence-corrected chi connectivity index (χ4v) is 7.95. The van der Waals surface area contributed by atoms with Gasteiger partial charge in [-0.15, -0.1) is 0 Å². The third-order valence-corrected chi connectivity index (χ3v) is 18.8. The molecular formula is C30H63IO3Si2. The molecule has 0 spiro atoms. The van der Waals surface area contributed by atoms with Crippen molar-refractivity contribution < 1.29 is 13.6 Å². The van der Waals surface area contributed by atoms with Crippen LogP contribution in [0.2, 0.25) is 36.3 Å². The van der Waals surface area contributed by atoms with E-state index in [0.717, 1.165) is 30.1 Å². The number of ether oxygens (including phenoxy) is 1. The molecule has 1 heterocycles. The third kappa shape index (κ3) is 11.7. The molecule has 1 aliphatic heterocycles. The number of hydrogen-bond acceptors (Lipinski definition) is 3. The molecule has 1 aliphatic rings. The van der Waals surface area contributed by atoms with Crippen molar-refractivity contribution in [2.45, 2.75) is 186 Å². The number of hydrogen-bond donors (Lipinski definition) is 0. The van der Waals surface area contributed by atoms with E-state index in [4.69, 9.17) is 13.6 Å². The smallest absolute Gasteiger partial charge is 0.192 e. The zero-order chi connectivity index (χ0) is 27.6. The van der Waals surface area contributed by atoms with Crippen LogP contribution in [-0.4, -0.2) is 45.5 Å². The van der Waals surface area contributed by atoms with Crippen molar-refractivity contribution in [3.8, 4) is 0 Å². The van der Waals surface area contributed by atoms with Crippen molar-refractivity contribution in [2.75, 3.05) is 4.43 Å². The Bertz CT molecular complexity index is 598. The van der Waals surface area contributed by atoms with E-state index < -0.39 is 16.6 Å². The second kappa shape index (κ2) is 15.7. The van der Waals surface area contributed by atoms with Gasteiger partial charge >= 0.3 is 0 Å². The fourth-order valence-electron chi connectivity index (χ4n) is 4.57. The Hall–Kier alpha value is 1.04. The maximum Gasteiger partial charge on any atom is 0.192 e. The summed E-state index contributed by atoms with van der Waals surface area (Å²) in [7, 11) is -3.69. The Kier molecular flexibility index (Phi) is 15.3. The van der Waals surface area contributed by atoms with E-state index in [1.54, 1.807) is 0 Å². The van der Waals surface area contributed by atoms with Gasteiger partial charge in [0.05, 0.1) is 24.4 Å². The number of alkyl halides is 1. The van der Waals surface area contributed by atoms with Gasteiger partial charge in [0, 0.05) is 4.43 Å². The van der Waals surface area contributed by atoms with E-state index in [-0.39, 0.29) is 34.5 Å². The minimum Gasteiger partial charge on any atom is -0.411 e. The zero-order valence-corrected chi connectivity index (χ0v) is 30.3. The van der Waals surface area contributed by atoms with Crippen LogP contribution in [0, 0.1) is 0 Å². The lowest BCUT2D eigenvalue weighted by molar-refractivity contribution is -0.147.